The van der Waals surface area contributed by atoms with Crippen LogP contribution in [0.5, 0.6) is 0 Å². The summed E-state index contributed by atoms with van der Waals surface area (Å²) in [5.41, 5.74) is 1.14. The van der Waals surface area contributed by atoms with E-state index >= 15 is 0 Å². The molecule has 0 N–H and O–H groups in total. The van der Waals surface area contributed by atoms with Crippen molar-refractivity contribution in [2.45, 2.75) is 25.9 Å². The molecule has 0 amide bonds. The Morgan fingerprint density at radius 3 is 2.93 bits per heavy atom. The van der Waals surface area contributed by atoms with Crippen LogP contribution in [0.2, 0.25) is 0 Å². The van der Waals surface area contributed by atoms with Crippen LogP contribution in [0.3, 0.4) is 0 Å². The van der Waals surface area contributed by atoms with Crippen molar-refractivity contribution >= 4 is 17.6 Å². The Labute approximate surface area is 160 Å². The van der Waals surface area contributed by atoms with Crippen LogP contribution in [0.25, 0.3) is 11.3 Å². The molecule has 2 aromatic heterocycles. The second-order valence-electron chi connectivity index (χ2n) is 6.36. The van der Waals surface area contributed by atoms with E-state index in [9.17, 15) is 4.39 Å². The maximum Gasteiger partial charge on any atom is 0.206 e. The van der Waals surface area contributed by atoms with Crippen LogP contribution in [0.4, 0.5) is 4.39 Å². The zero-order chi connectivity index (χ0) is 18.6. The molecule has 0 saturated carbocycles. The van der Waals surface area contributed by atoms with E-state index in [1.165, 1.54) is 17.4 Å². The van der Waals surface area contributed by atoms with Gasteiger partial charge in [-0.2, -0.15) is 5.10 Å². The van der Waals surface area contributed by atoms with Gasteiger partial charge in [-0.1, -0.05) is 12.1 Å². The summed E-state index contributed by atoms with van der Waals surface area (Å²) >= 11 is 1.43. The largest absolute Gasteiger partial charge is 0.460 e. The fraction of sp³-hybridized carbons (Fsp3) is 0.300. The topological polar surface area (TPSA) is 52.0 Å². The number of furan rings is 1. The van der Waals surface area contributed by atoms with E-state index in [0.717, 1.165) is 25.2 Å². The summed E-state index contributed by atoms with van der Waals surface area (Å²) < 4.78 is 27.2. The van der Waals surface area contributed by atoms with Gasteiger partial charge >= 0.3 is 0 Å². The monoisotopic (exact) mass is 385 g/mol. The number of ether oxygens (including phenoxy) is 1. The first-order chi connectivity index (χ1) is 13.2. The van der Waals surface area contributed by atoms with Gasteiger partial charge in [0.2, 0.25) is 4.80 Å². The van der Waals surface area contributed by atoms with Gasteiger partial charge in [-0.3, -0.25) is 4.99 Å². The van der Waals surface area contributed by atoms with Crippen LogP contribution >= 0.6 is 11.3 Å². The first-order valence-electron chi connectivity index (χ1n) is 8.89. The van der Waals surface area contributed by atoms with Crippen LogP contribution in [0.15, 0.2) is 56.3 Å². The Balaban J connectivity index is 1.73. The van der Waals surface area contributed by atoms with Crippen molar-refractivity contribution in [3.8, 4) is 11.3 Å². The molecule has 1 saturated heterocycles. The number of benzene rings is 1. The van der Waals surface area contributed by atoms with E-state index in [1.54, 1.807) is 23.0 Å². The van der Waals surface area contributed by atoms with Crippen LogP contribution < -0.4 is 4.80 Å². The smallest absolute Gasteiger partial charge is 0.206 e. The molecule has 140 valence electrons. The number of aryl methyl sites for hydroxylation is 1. The zero-order valence-electron chi connectivity index (χ0n) is 15.0. The lowest BCUT2D eigenvalue weighted by atomic mass is 10.1. The van der Waals surface area contributed by atoms with E-state index in [1.807, 2.05) is 30.5 Å². The molecule has 1 aromatic carbocycles. The number of rotatable bonds is 5. The number of aromatic nitrogens is 1. The average Bonchev–Trinajstić information content (AvgIpc) is 3.40. The summed E-state index contributed by atoms with van der Waals surface area (Å²) in [6, 6.07) is 10.4. The van der Waals surface area contributed by atoms with Gasteiger partial charge in [0.05, 0.1) is 24.6 Å². The molecule has 7 heteroatoms. The van der Waals surface area contributed by atoms with Gasteiger partial charge < -0.3 is 9.15 Å². The van der Waals surface area contributed by atoms with Crippen molar-refractivity contribution in [1.29, 1.82) is 0 Å². The molecular formula is C20H20FN3O2S. The highest BCUT2D eigenvalue weighted by molar-refractivity contribution is 7.07. The van der Waals surface area contributed by atoms with E-state index in [4.69, 9.17) is 9.15 Å². The highest BCUT2D eigenvalue weighted by Gasteiger charge is 2.16. The minimum atomic E-state index is -0.293. The van der Waals surface area contributed by atoms with Crippen molar-refractivity contribution in [3.05, 3.63) is 63.9 Å². The number of hydrogen-bond acceptors (Lipinski definition) is 5. The zero-order valence-corrected chi connectivity index (χ0v) is 15.8. The second kappa shape index (κ2) is 8.02. The third kappa shape index (κ3) is 4.09. The van der Waals surface area contributed by atoms with E-state index in [-0.39, 0.29) is 11.9 Å². The summed E-state index contributed by atoms with van der Waals surface area (Å²) in [7, 11) is 0. The minimum absolute atomic E-state index is 0.147. The molecule has 0 spiro atoms. The number of halogens is 1. The van der Waals surface area contributed by atoms with Crippen LogP contribution in [-0.2, 0) is 4.74 Å². The first-order valence-corrected chi connectivity index (χ1v) is 9.77. The van der Waals surface area contributed by atoms with E-state index in [2.05, 4.69) is 10.1 Å². The highest BCUT2D eigenvalue weighted by atomic mass is 32.1. The molecule has 27 heavy (non-hydrogen) atoms. The lowest BCUT2D eigenvalue weighted by Crippen LogP contribution is -2.17. The first kappa shape index (κ1) is 17.9. The Morgan fingerprint density at radius 2 is 2.19 bits per heavy atom. The SMILES string of the molecule is Cc1ccc(/C=N\n2c(-c3ccccc3F)csc2=NC[C@H]2CCCO2)o1. The maximum absolute atomic E-state index is 14.3. The molecule has 3 aromatic rings. The molecule has 3 heterocycles. The fourth-order valence-electron chi connectivity index (χ4n) is 2.98. The van der Waals surface area contributed by atoms with Gasteiger partial charge in [-0.15, -0.1) is 11.3 Å². The van der Waals surface area contributed by atoms with Gasteiger partial charge in [0.15, 0.2) is 0 Å². The van der Waals surface area contributed by atoms with Crippen LogP contribution in [0.1, 0.15) is 24.4 Å². The van der Waals surface area contributed by atoms with Gasteiger partial charge in [0.25, 0.3) is 0 Å². The third-order valence-electron chi connectivity index (χ3n) is 4.35. The Kier molecular flexibility index (Phi) is 5.31. The predicted octanol–water partition coefficient (Wildman–Crippen LogP) is 4.22. The van der Waals surface area contributed by atoms with Crippen LogP contribution in [-0.4, -0.2) is 30.1 Å². The molecule has 1 aliphatic rings. The minimum Gasteiger partial charge on any atom is -0.460 e. The molecule has 5 nitrogen and oxygen atoms in total. The Bertz CT molecular complexity index is 1010. The lowest BCUT2D eigenvalue weighted by Gasteiger charge is -2.06. The summed E-state index contributed by atoms with van der Waals surface area (Å²) in [5.74, 6) is 1.15. The summed E-state index contributed by atoms with van der Waals surface area (Å²) in [5, 5.41) is 6.39. The van der Waals surface area contributed by atoms with Gasteiger partial charge in [0.1, 0.15) is 17.3 Å². The molecule has 1 fully saturated rings. The lowest BCUT2D eigenvalue weighted by molar-refractivity contribution is 0.117. The molecule has 4 rings (SSSR count). The normalized spacial score (nSPS) is 18.0. The van der Waals surface area contributed by atoms with E-state index in [0.29, 0.717) is 28.4 Å². The number of nitrogens with zero attached hydrogens (tertiary/aromatic N) is 3. The van der Waals surface area contributed by atoms with Crippen molar-refractivity contribution in [3.63, 3.8) is 0 Å². The van der Waals surface area contributed by atoms with Gasteiger partial charge in [0, 0.05) is 17.6 Å². The molecule has 0 aliphatic carbocycles. The Hall–Kier alpha value is -2.51. The van der Waals surface area contributed by atoms with E-state index < -0.39 is 0 Å². The van der Waals surface area contributed by atoms with Gasteiger partial charge in [-0.25, -0.2) is 9.07 Å². The second-order valence-corrected chi connectivity index (χ2v) is 7.20. The Morgan fingerprint density at radius 1 is 1.30 bits per heavy atom. The molecule has 0 radical (unpaired) electrons. The molecular weight excluding hydrogens is 365 g/mol. The molecule has 0 bridgehead atoms. The summed E-state index contributed by atoms with van der Waals surface area (Å²) in [6.45, 7) is 3.25. The standard InChI is InChI=1S/C20H20FN3O2S/c1-14-8-9-16(26-14)12-23-24-19(17-6-2-3-7-18(17)21)13-27-20(24)22-11-15-5-4-10-25-15/h2-3,6-9,12-13,15H,4-5,10-11H2,1H3/b22-20?,23-12-/t15-/m1/s1. The van der Waals surface area contributed by atoms with Crippen molar-refractivity contribution in [2.24, 2.45) is 10.1 Å². The van der Waals surface area contributed by atoms with Crippen molar-refractivity contribution in [2.75, 3.05) is 13.2 Å². The van der Waals surface area contributed by atoms with Crippen molar-refractivity contribution < 1.29 is 13.5 Å². The van der Waals surface area contributed by atoms with Crippen molar-refractivity contribution in [1.82, 2.24) is 4.68 Å². The average molecular weight is 385 g/mol. The third-order valence-corrected chi connectivity index (χ3v) is 5.20. The highest BCUT2D eigenvalue weighted by Crippen LogP contribution is 2.23. The molecule has 1 atom stereocenters. The number of thiazole rings is 1. The summed E-state index contributed by atoms with van der Waals surface area (Å²) in [6.07, 6.45) is 3.86. The number of hydrogen-bond donors (Lipinski definition) is 0. The van der Waals surface area contributed by atoms with Crippen LogP contribution in [0, 0.1) is 12.7 Å². The molecule has 1 aliphatic heterocycles. The predicted molar refractivity (Wildman–Crippen MR) is 104 cm³/mol. The summed E-state index contributed by atoms with van der Waals surface area (Å²) in [4.78, 5) is 5.37. The maximum atomic E-state index is 14.3. The molecule has 0 unspecified atom stereocenters. The quantitative estimate of drug-likeness (QED) is 0.618. The fourth-order valence-corrected chi connectivity index (χ4v) is 3.82. The van der Waals surface area contributed by atoms with Gasteiger partial charge in [-0.05, 0) is 44.0 Å².